The largest absolute Gasteiger partial charge is 0.440 e. The third-order valence-corrected chi connectivity index (χ3v) is 4.74. The molecule has 2 aromatic rings. The van der Waals surface area contributed by atoms with Gasteiger partial charge in [-0.15, -0.1) is 0 Å². The molecule has 0 radical (unpaired) electrons. The van der Waals surface area contributed by atoms with Crippen molar-refractivity contribution < 1.29 is 9.13 Å². The average molecular weight is 390 g/mol. The lowest BCUT2D eigenvalue weighted by molar-refractivity contribution is 0.389. The summed E-state index contributed by atoms with van der Waals surface area (Å²) >= 11 is 3.13. The van der Waals surface area contributed by atoms with Crippen LogP contribution in [0.2, 0.25) is 0 Å². The number of fused-ring (bicyclic) bond motifs is 1. The van der Waals surface area contributed by atoms with E-state index in [9.17, 15) is 14.4 Å². The number of aromatic nitrogens is 1. The van der Waals surface area contributed by atoms with Crippen molar-refractivity contribution in [2.45, 2.75) is 12.8 Å². The summed E-state index contributed by atoms with van der Waals surface area (Å²) in [5.74, 6) is -0.881. The number of nitrogens with zero attached hydrogens (tertiary/aromatic N) is 2. The van der Waals surface area contributed by atoms with E-state index < -0.39 is 11.7 Å². The van der Waals surface area contributed by atoms with Crippen LogP contribution in [0, 0.1) is 24.1 Å². The molecule has 3 rings (SSSR count). The van der Waals surface area contributed by atoms with Crippen molar-refractivity contribution in [2.75, 3.05) is 0 Å². The SMILES string of the molecule is Cc1cc2c(c(=O)n1C)C(c1ccc(F)c(Br)c1)C(C#N)=C(N)O2. The number of pyridine rings is 1. The molecule has 2 N–H and O–H groups in total. The molecule has 122 valence electrons. The Morgan fingerprint density at radius 1 is 1.42 bits per heavy atom. The molecule has 0 amide bonds. The van der Waals surface area contributed by atoms with Gasteiger partial charge in [-0.3, -0.25) is 4.79 Å². The molecule has 5 nitrogen and oxygen atoms in total. The summed E-state index contributed by atoms with van der Waals surface area (Å²) in [6.45, 7) is 1.77. The van der Waals surface area contributed by atoms with Crippen LogP contribution in [0.25, 0.3) is 0 Å². The lowest BCUT2D eigenvalue weighted by Crippen LogP contribution is -2.31. The molecule has 0 spiro atoms. The van der Waals surface area contributed by atoms with Crippen molar-refractivity contribution >= 4 is 15.9 Å². The number of hydrogen-bond acceptors (Lipinski definition) is 4. The highest BCUT2D eigenvalue weighted by atomic mass is 79.9. The van der Waals surface area contributed by atoms with Crippen LogP contribution in [0.5, 0.6) is 5.75 Å². The van der Waals surface area contributed by atoms with Crippen molar-refractivity contribution in [3.63, 3.8) is 0 Å². The first kappa shape index (κ1) is 16.3. The lowest BCUT2D eigenvalue weighted by atomic mass is 9.84. The Hall–Kier alpha value is -2.59. The highest BCUT2D eigenvalue weighted by Gasteiger charge is 2.34. The minimum absolute atomic E-state index is 0.0527. The Balaban J connectivity index is 2.35. The predicted octanol–water partition coefficient (Wildman–Crippen LogP) is 2.81. The smallest absolute Gasteiger partial charge is 0.258 e. The number of aryl methyl sites for hydroxylation is 1. The van der Waals surface area contributed by atoms with Crippen molar-refractivity contribution in [3.05, 3.63) is 73.2 Å². The van der Waals surface area contributed by atoms with Crippen LogP contribution < -0.4 is 16.0 Å². The number of benzene rings is 1. The van der Waals surface area contributed by atoms with Crippen LogP contribution in [-0.4, -0.2) is 4.57 Å². The van der Waals surface area contributed by atoms with E-state index in [1.165, 1.54) is 16.7 Å². The van der Waals surface area contributed by atoms with Crippen molar-refractivity contribution in [1.82, 2.24) is 4.57 Å². The minimum Gasteiger partial charge on any atom is -0.440 e. The molecule has 1 unspecified atom stereocenters. The second-order valence-corrected chi connectivity index (χ2v) is 6.38. The van der Waals surface area contributed by atoms with Gasteiger partial charge in [0, 0.05) is 18.8 Å². The van der Waals surface area contributed by atoms with E-state index in [1.54, 1.807) is 26.1 Å². The van der Waals surface area contributed by atoms with Gasteiger partial charge in [-0.25, -0.2) is 4.39 Å². The quantitative estimate of drug-likeness (QED) is 0.812. The zero-order chi connectivity index (χ0) is 17.6. The number of allylic oxidation sites excluding steroid dienone is 1. The maximum absolute atomic E-state index is 13.6. The molecular weight excluding hydrogens is 377 g/mol. The number of halogens is 2. The zero-order valence-corrected chi connectivity index (χ0v) is 14.5. The Bertz CT molecular complexity index is 989. The zero-order valence-electron chi connectivity index (χ0n) is 12.9. The topological polar surface area (TPSA) is 81.0 Å². The molecular formula is C17H13BrFN3O2. The summed E-state index contributed by atoms with van der Waals surface area (Å²) in [6, 6.07) is 8.06. The fourth-order valence-electron chi connectivity index (χ4n) is 2.77. The first-order valence-electron chi connectivity index (χ1n) is 7.08. The van der Waals surface area contributed by atoms with Crippen LogP contribution in [0.3, 0.4) is 0 Å². The van der Waals surface area contributed by atoms with E-state index in [4.69, 9.17) is 10.5 Å². The molecule has 0 fully saturated rings. The van der Waals surface area contributed by atoms with Crippen molar-refractivity contribution in [1.29, 1.82) is 5.26 Å². The van der Waals surface area contributed by atoms with E-state index in [2.05, 4.69) is 15.9 Å². The van der Waals surface area contributed by atoms with Gasteiger partial charge in [0.1, 0.15) is 23.2 Å². The monoisotopic (exact) mass is 389 g/mol. The number of ether oxygens (including phenoxy) is 1. The Kier molecular flexibility index (Phi) is 3.93. The number of rotatable bonds is 1. The molecule has 1 atom stereocenters. The summed E-state index contributed by atoms with van der Waals surface area (Å²) < 4.78 is 20.8. The van der Waals surface area contributed by atoms with E-state index >= 15 is 0 Å². The summed E-state index contributed by atoms with van der Waals surface area (Å²) in [4.78, 5) is 12.8. The third-order valence-electron chi connectivity index (χ3n) is 4.13. The Morgan fingerprint density at radius 2 is 2.12 bits per heavy atom. The molecule has 24 heavy (non-hydrogen) atoms. The van der Waals surface area contributed by atoms with E-state index in [0.717, 1.165) is 0 Å². The second-order valence-electron chi connectivity index (χ2n) is 5.53. The van der Waals surface area contributed by atoms with Gasteiger partial charge in [-0.1, -0.05) is 6.07 Å². The van der Waals surface area contributed by atoms with E-state index in [1.807, 2.05) is 6.07 Å². The minimum atomic E-state index is -0.713. The van der Waals surface area contributed by atoms with Crippen LogP contribution in [0.4, 0.5) is 4.39 Å². The molecule has 7 heteroatoms. The van der Waals surface area contributed by atoms with Crippen LogP contribution in [0.15, 0.2) is 45.0 Å². The number of nitriles is 1. The summed E-state index contributed by atoms with van der Waals surface area (Å²) in [7, 11) is 1.64. The van der Waals surface area contributed by atoms with E-state index in [0.29, 0.717) is 22.6 Å². The van der Waals surface area contributed by atoms with Crippen molar-refractivity contribution in [3.8, 4) is 11.8 Å². The Morgan fingerprint density at radius 3 is 2.75 bits per heavy atom. The maximum Gasteiger partial charge on any atom is 0.258 e. The number of hydrogen-bond donors (Lipinski definition) is 1. The lowest BCUT2D eigenvalue weighted by Gasteiger charge is -2.27. The molecule has 0 saturated heterocycles. The molecule has 0 bridgehead atoms. The normalized spacial score (nSPS) is 16.4. The molecule has 1 aliphatic rings. The summed E-state index contributed by atoms with van der Waals surface area (Å²) in [5, 5.41) is 9.49. The van der Waals surface area contributed by atoms with Gasteiger partial charge in [0.15, 0.2) is 0 Å². The molecule has 0 saturated carbocycles. The van der Waals surface area contributed by atoms with Gasteiger partial charge in [0.2, 0.25) is 5.88 Å². The maximum atomic E-state index is 13.6. The van der Waals surface area contributed by atoms with E-state index in [-0.39, 0.29) is 21.5 Å². The Labute approximate surface area is 145 Å². The third kappa shape index (κ3) is 2.39. The summed E-state index contributed by atoms with van der Waals surface area (Å²) in [6.07, 6.45) is 0. The first-order chi connectivity index (χ1) is 11.3. The molecule has 2 heterocycles. The van der Waals surface area contributed by atoms with Gasteiger partial charge in [-0.05, 0) is 40.5 Å². The van der Waals surface area contributed by atoms with Gasteiger partial charge >= 0.3 is 0 Å². The molecule has 1 aromatic carbocycles. The highest BCUT2D eigenvalue weighted by Crippen LogP contribution is 2.41. The van der Waals surface area contributed by atoms with Crippen LogP contribution >= 0.6 is 15.9 Å². The second kappa shape index (κ2) is 5.80. The molecule has 1 aliphatic heterocycles. The molecule has 1 aromatic heterocycles. The van der Waals surface area contributed by atoms with Gasteiger partial charge in [-0.2, -0.15) is 5.26 Å². The van der Waals surface area contributed by atoms with Gasteiger partial charge < -0.3 is 15.0 Å². The first-order valence-corrected chi connectivity index (χ1v) is 7.87. The van der Waals surface area contributed by atoms with Crippen LogP contribution in [0.1, 0.15) is 22.7 Å². The predicted molar refractivity (Wildman–Crippen MR) is 89.8 cm³/mol. The number of nitrogens with two attached hydrogens (primary N) is 1. The van der Waals surface area contributed by atoms with Crippen molar-refractivity contribution in [2.24, 2.45) is 12.8 Å². The van der Waals surface area contributed by atoms with Gasteiger partial charge in [0.05, 0.1) is 16.0 Å². The standard InChI is InChI=1S/C17H13BrFN3O2/c1-8-5-13-15(17(23)22(8)2)14(10(7-20)16(21)24-13)9-3-4-12(19)11(18)6-9/h3-6,14H,21H2,1-2H3. The fourth-order valence-corrected chi connectivity index (χ4v) is 3.16. The highest BCUT2D eigenvalue weighted by molar-refractivity contribution is 9.10. The summed E-state index contributed by atoms with van der Waals surface area (Å²) in [5.41, 5.74) is 7.31. The van der Waals surface area contributed by atoms with Gasteiger partial charge in [0.25, 0.3) is 5.56 Å². The molecule has 0 aliphatic carbocycles. The average Bonchev–Trinajstić information content (AvgIpc) is 2.54. The fraction of sp³-hybridized carbons (Fsp3) is 0.176. The van der Waals surface area contributed by atoms with Crippen LogP contribution in [-0.2, 0) is 7.05 Å².